The minimum absolute atomic E-state index is 0.269. The summed E-state index contributed by atoms with van der Waals surface area (Å²) in [6.07, 6.45) is 0.104. The summed E-state index contributed by atoms with van der Waals surface area (Å²) >= 11 is 4.92. The Morgan fingerprint density at radius 1 is 1.47 bits per heavy atom. The summed E-state index contributed by atoms with van der Waals surface area (Å²) < 4.78 is 13.7. The molecule has 84 valence electrons. The van der Waals surface area contributed by atoms with Gasteiger partial charge < -0.3 is 5.11 Å². The molecule has 15 heavy (non-hydrogen) atoms. The van der Waals surface area contributed by atoms with Gasteiger partial charge in [0.05, 0.1) is 6.10 Å². The summed E-state index contributed by atoms with van der Waals surface area (Å²) in [5.74, 6) is 1.42. The summed E-state index contributed by atoms with van der Waals surface area (Å²) in [5, 5.41) is 9.66. The smallest absolute Gasteiger partial charge is 0.124 e. The molecule has 0 heterocycles. The van der Waals surface area contributed by atoms with Crippen LogP contribution in [0.2, 0.25) is 0 Å². The fourth-order valence-corrected chi connectivity index (χ4v) is 2.45. The lowest BCUT2D eigenvalue weighted by Crippen LogP contribution is -2.13. The molecule has 0 spiro atoms. The Morgan fingerprint density at radius 2 is 2.20 bits per heavy atom. The van der Waals surface area contributed by atoms with Crippen molar-refractivity contribution in [2.24, 2.45) is 0 Å². The summed E-state index contributed by atoms with van der Waals surface area (Å²) in [6.45, 7) is 2.05. The highest BCUT2D eigenvalue weighted by Crippen LogP contribution is 2.17. The molecular formula is C11H14BrFOS. The van der Waals surface area contributed by atoms with Crippen LogP contribution in [0.25, 0.3) is 0 Å². The van der Waals surface area contributed by atoms with Gasteiger partial charge in [-0.15, -0.1) is 0 Å². The predicted molar refractivity (Wildman–Crippen MR) is 66.8 cm³/mol. The first kappa shape index (κ1) is 13.0. The fourth-order valence-electron chi connectivity index (χ4n) is 1.31. The monoisotopic (exact) mass is 292 g/mol. The molecule has 1 N–H and O–H groups in total. The zero-order valence-corrected chi connectivity index (χ0v) is 10.9. The minimum Gasteiger partial charge on any atom is -0.392 e. The number of hydrogen-bond acceptors (Lipinski definition) is 2. The Kier molecular flexibility index (Phi) is 5.64. The Balaban J connectivity index is 2.56. The second-order valence-electron chi connectivity index (χ2n) is 3.30. The Bertz CT molecular complexity index is 299. The van der Waals surface area contributed by atoms with Crippen LogP contribution in [0.3, 0.4) is 0 Å². The molecule has 0 aliphatic carbocycles. The molecule has 1 aromatic carbocycles. The maximum Gasteiger partial charge on any atom is 0.124 e. The van der Waals surface area contributed by atoms with Crippen LogP contribution in [0.4, 0.5) is 4.39 Å². The van der Waals surface area contributed by atoms with Crippen molar-refractivity contribution in [3.63, 3.8) is 0 Å². The highest BCUT2D eigenvalue weighted by molar-refractivity contribution is 9.10. The van der Waals surface area contributed by atoms with Crippen molar-refractivity contribution in [3.8, 4) is 0 Å². The number of thioether (sulfide) groups is 1. The van der Waals surface area contributed by atoms with Gasteiger partial charge in [0.25, 0.3) is 0 Å². The lowest BCUT2D eigenvalue weighted by atomic mass is 10.1. The van der Waals surface area contributed by atoms with Crippen molar-refractivity contribution in [3.05, 3.63) is 34.1 Å². The number of aliphatic hydroxyl groups is 1. The van der Waals surface area contributed by atoms with Crippen LogP contribution in [-0.4, -0.2) is 22.7 Å². The number of aliphatic hydroxyl groups excluding tert-OH is 1. The molecule has 0 saturated heterocycles. The van der Waals surface area contributed by atoms with E-state index in [0.717, 1.165) is 11.3 Å². The first-order valence-electron chi connectivity index (χ1n) is 4.82. The van der Waals surface area contributed by atoms with Crippen LogP contribution in [0.5, 0.6) is 0 Å². The van der Waals surface area contributed by atoms with Crippen LogP contribution < -0.4 is 0 Å². The quantitative estimate of drug-likeness (QED) is 0.899. The van der Waals surface area contributed by atoms with Crippen molar-refractivity contribution in [1.82, 2.24) is 0 Å². The number of benzene rings is 1. The maximum atomic E-state index is 13.0. The average molecular weight is 293 g/mol. The van der Waals surface area contributed by atoms with Gasteiger partial charge in [-0.3, -0.25) is 0 Å². The van der Waals surface area contributed by atoms with E-state index in [9.17, 15) is 9.50 Å². The first-order valence-corrected chi connectivity index (χ1v) is 6.77. The standard InChI is InChI=1S/C11H14BrFOS/c1-2-15-7-11(14)5-8-3-9(12)6-10(13)4-8/h3-4,6,11,14H,2,5,7H2,1H3. The zero-order valence-electron chi connectivity index (χ0n) is 8.54. The van der Waals surface area contributed by atoms with E-state index >= 15 is 0 Å². The first-order chi connectivity index (χ1) is 7.11. The van der Waals surface area contributed by atoms with Crippen molar-refractivity contribution in [1.29, 1.82) is 0 Å². The Morgan fingerprint density at radius 3 is 2.80 bits per heavy atom. The van der Waals surface area contributed by atoms with E-state index in [1.54, 1.807) is 11.8 Å². The molecule has 1 aromatic rings. The van der Waals surface area contributed by atoms with Crippen molar-refractivity contribution < 1.29 is 9.50 Å². The summed E-state index contributed by atoms with van der Waals surface area (Å²) in [6, 6.07) is 4.71. The van der Waals surface area contributed by atoms with Gasteiger partial charge in [-0.2, -0.15) is 11.8 Å². The predicted octanol–water partition coefficient (Wildman–Crippen LogP) is 3.24. The summed E-state index contributed by atoms with van der Waals surface area (Å²) in [7, 11) is 0. The number of halogens is 2. The minimum atomic E-state index is -0.399. The largest absolute Gasteiger partial charge is 0.392 e. The molecule has 0 aliphatic heterocycles. The van der Waals surface area contributed by atoms with E-state index in [2.05, 4.69) is 22.9 Å². The molecule has 0 aliphatic rings. The second-order valence-corrected chi connectivity index (χ2v) is 5.53. The maximum absolute atomic E-state index is 13.0. The molecule has 1 rings (SSSR count). The molecular weight excluding hydrogens is 279 g/mol. The van der Waals surface area contributed by atoms with Gasteiger partial charge in [-0.1, -0.05) is 22.9 Å². The van der Waals surface area contributed by atoms with Gasteiger partial charge >= 0.3 is 0 Å². The third-order valence-corrected chi connectivity index (χ3v) is 3.39. The van der Waals surface area contributed by atoms with E-state index in [0.29, 0.717) is 16.6 Å². The summed E-state index contributed by atoms with van der Waals surface area (Å²) in [5.41, 5.74) is 0.825. The van der Waals surface area contributed by atoms with Gasteiger partial charge in [-0.25, -0.2) is 4.39 Å². The third kappa shape index (κ3) is 5.00. The van der Waals surface area contributed by atoms with E-state index < -0.39 is 6.10 Å². The van der Waals surface area contributed by atoms with Crippen molar-refractivity contribution in [2.75, 3.05) is 11.5 Å². The van der Waals surface area contributed by atoms with E-state index in [1.165, 1.54) is 12.1 Å². The van der Waals surface area contributed by atoms with Crippen LogP contribution in [-0.2, 0) is 6.42 Å². The molecule has 1 unspecified atom stereocenters. The van der Waals surface area contributed by atoms with Crippen LogP contribution in [0.1, 0.15) is 12.5 Å². The van der Waals surface area contributed by atoms with Gasteiger partial charge in [0.2, 0.25) is 0 Å². The lowest BCUT2D eigenvalue weighted by Gasteiger charge is -2.10. The molecule has 0 saturated carbocycles. The average Bonchev–Trinajstić information content (AvgIpc) is 2.13. The van der Waals surface area contributed by atoms with Gasteiger partial charge in [-0.05, 0) is 35.9 Å². The molecule has 1 atom stereocenters. The molecule has 1 nitrogen and oxygen atoms in total. The van der Waals surface area contributed by atoms with Crippen LogP contribution >= 0.6 is 27.7 Å². The Hall–Kier alpha value is -0.0600. The zero-order chi connectivity index (χ0) is 11.3. The molecule has 4 heteroatoms. The van der Waals surface area contributed by atoms with Crippen molar-refractivity contribution in [2.45, 2.75) is 19.4 Å². The molecule has 0 amide bonds. The van der Waals surface area contributed by atoms with Gasteiger partial charge in [0, 0.05) is 10.2 Å². The van der Waals surface area contributed by atoms with Crippen LogP contribution in [0.15, 0.2) is 22.7 Å². The van der Waals surface area contributed by atoms with E-state index in [4.69, 9.17) is 0 Å². The highest BCUT2D eigenvalue weighted by Gasteiger charge is 2.07. The molecule has 0 radical (unpaired) electrons. The van der Waals surface area contributed by atoms with Gasteiger partial charge in [0.1, 0.15) is 5.82 Å². The fraction of sp³-hybridized carbons (Fsp3) is 0.455. The number of hydrogen-bond donors (Lipinski definition) is 1. The third-order valence-electron chi connectivity index (χ3n) is 1.91. The highest BCUT2D eigenvalue weighted by atomic mass is 79.9. The van der Waals surface area contributed by atoms with E-state index in [1.807, 2.05) is 6.07 Å². The summed E-state index contributed by atoms with van der Waals surface area (Å²) in [4.78, 5) is 0. The molecule has 0 aromatic heterocycles. The second kappa shape index (κ2) is 6.51. The molecule has 0 fully saturated rings. The normalized spacial score (nSPS) is 12.8. The molecule has 0 bridgehead atoms. The van der Waals surface area contributed by atoms with E-state index in [-0.39, 0.29) is 5.82 Å². The topological polar surface area (TPSA) is 20.2 Å². The van der Waals surface area contributed by atoms with Crippen LogP contribution in [0, 0.1) is 5.82 Å². The number of rotatable bonds is 5. The van der Waals surface area contributed by atoms with Gasteiger partial charge in [0.15, 0.2) is 0 Å². The SMILES string of the molecule is CCSCC(O)Cc1cc(F)cc(Br)c1. The van der Waals surface area contributed by atoms with Crippen molar-refractivity contribution >= 4 is 27.7 Å². The Labute approximate surface area is 102 Å². The lowest BCUT2D eigenvalue weighted by molar-refractivity contribution is 0.200.